The summed E-state index contributed by atoms with van der Waals surface area (Å²) in [5.41, 5.74) is 0.474. The number of nitriles is 1. The van der Waals surface area contributed by atoms with Crippen LogP contribution in [-0.4, -0.2) is 56.0 Å². The SMILES string of the molecule is CN(C)C(=O)[C@@H]1CN(Cc2ccccc2)C[C@H]1C1CCN(c2ccc(C#N)c(C(F)(F)F)c2)CC1. The summed E-state index contributed by atoms with van der Waals surface area (Å²) in [6.07, 6.45) is -2.92. The number of anilines is 1. The van der Waals surface area contributed by atoms with E-state index in [2.05, 4.69) is 17.0 Å². The number of nitrogens with zero attached hydrogens (tertiary/aromatic N) is 4. The number of alkyl halides is 3. The monoisotopic (exact) mass is 484 g/mol. The topological polar surface area (TPSA) is 50.6 Å². The molecule has 2 aromatic rings. The van der Waals surface area contributed by atoms with E-state index in [-0.39, 0.29) is 23.3 Å². The predicted octanol–water partition coefficient (Wildman–Crippen LogP) is 4.63. The van der Waals surface area contributed by atoms with Crippen LogP contribution in [0.4, 0.5) is 18.9 Å². The highest BCUT2D eigenvalue weighted by molar-refractivity contribution is 5.79. The van der Waals surface area contributed by atoms with Crippen molar-refractivity contribution in [3.63, 3.8) is 0 Å². The van der Waals surface area contributed by atoms with Gasteiger partial charge in [-0.2, -0.15) is 18.4 Å². The highest BCUT2D eigenvalue weighted by Crippen LogP contribution is 2.39. The van der Waals surface area contributed by atoms with Crippen LogP contribution in [-0.2, 0) is 17.5 Å². The Kier molecular flexibility index (Phi) is 7.36. The van der Waals surface area contributed by atoms with Gasteiger partial charge in [0.15, 0.2) is 0 Å². The molecule has 0 spiro atoms. The van der Waals surface area contributed by atoms with E-state index in [9.17, 15) is 18.0 Å². The summed E-state index contributed by atoms with van der Waals surface area (Å²) >= 11 is 0. The van der Waals surface area contributed by atoms with Crippen molar-refractivity contribution < 1.29 is 18.0 Å². The lowest BCUT2D eigenvalue weighted by atomic mass is 9.78. The first-order valence-electron chi connectivity index (χ1n) is 12.0. The standard InChI is InChI=1S/C27H31F3N4O/c1-32(2)26(35)24-18-33(16-19-6-4-3-5-7-19)17-23(24)20-10-12-34(13-11-20)22-9-8-21(15-31)25(14-22)27(28,29)30/h3-9,14,20,23-24H,10-13,16-18H2,1-2H3/t23-,24+/m0/s1. The first-order chi connectivity index (χ1) is 16.7. The number of halogens is 3. The number of hydrogen-bond donors (Lipinski definition) is 0. The molecule has 2 atom stereocenters. The van der Waals surface area contributed by atoms with Crippen molar-refractivity contribution >= 4 is 11.6 Å². The van der Waals surface area contributed by atoms with Gasteiger partial charge < -0.3 is 9.80 Å². The summed E-state index contributed by atoms with van der Waals surface area (Å²) in [6.45, 7) is 3.64. The fourth-order valence-electron chi connectivity index (χ4n) is 5.60. The van der Waals surface area contributed by atoms with Crippen molar-refractivity contribution in [3.05, 3.63) is 65.2 Å². The first-order valence-corrected chi connectivity index (χ1v) is 12.0. The lowest BCUT2D eigenvalue weighted by Gasteiger charge is -2.38. The molecule has 5 nitrogen and oxygen atoms in total. The number of likely N-dealkylation sites (tertiary alicyclic amines) is 1. The Morgan fingerprint density at radius 3 is 2.37 bits per heavy atom. The fourth-order valence-corrected chi connectivity index (χ4v) is 5.60. The highest BCUT2D eigenvalue weighted by atomic mass is 19.4. The van der Waals surface area contributed by atoms with Crippen LogP contribution in [0.2, 0.25) is 0 Å². The van der Waals surface area contributed by atoms with E-state index in [1.54, 1.807) is 31.1 Å². The van der Waals surface area contributed by atoms with Gasteiger partial charge in [0.1, 0.15) is 0 Å². The van der Waals surface area contributed by atoms with Gasteiger partial charge in [0, 0.05) is 52.5 Å². The molecule has 186 valence electrons. The summed E-state index contributed by atoms with van der Waals surface area (Å²) in [7, 11) is 3.59. The maximum atomic E-state index is 13.4. The predicted molar refractivity (Wildman–Crippen MR) is 128 cm³/mol. The number of rotatable bonds is 5. The van der Waals surface area contributed by atoms with E-state index >= 15 is 0 Å². The van der Waals surface area contributed by atoms with E-state index in [4.69, 9.17) is 5.26 Å². The Balaban J connectivity index is 1.46. The minimum Gasteiger partial charge on any atom is -0.372 e. The van der Waals surface area contributed by atoms with Crippen LogP contribution in [0.1, 0.15) is 29.5 Å². The molecule has 2 aromatic carbocycles. The first kappa shape index (κ1) is 25.1. The van der Waals surface area contributed by atoms with Gasteiger partial charge in [-0.25, -0.2) is 0 Å². The van der Waals surface area contributed by atoms with E-state index < -0.39 is 11.7 Å². The minimum atomic E-state index is -4.56. The second-order valence-corrected chi connectivity index (χ2v) is 9.85. The summed E-state index contributed by atoms with van der Waals surface area (Å²) in [5.74, 6) is 0.635. The summed E-state index contributed by atoms with van der Waals surface area (Å²) < 4.78 is 40.2. The summed E-state index contributed by atoms with van der Waals surface area (Å²) in [4.78, 5) is 19.0. The summed E-state index contributed by atoms with van der Waals surface area (Å²) in [5, 5.41) is 9.06. The molecule has 1 amide bonds. The zero-order valence-corrected chi connectivity index (χ0v) is 20.1. The number of benzene rings is 2. The molecule has 2 aliphatic heterocycles. The molecule has 2 saturated heterocycles. The molecular formula is C27H31F3N4O. The molecule has 0 bridgehead atoms. The van der Waals surface area contributed by atoms with E-state index in [1.807, 2.05) is 23.1 Å². The molecule has 35 heavy (non-hydrogen) atoms. The number of amides is 1. The maximum Gasteiger partial charge on any atom is 0.417 e. The van der Waals surface area contributed by atoms with Gasteiger partial charge in [-0.15, -0.1) is 0 Å². The molecule has 2 aliphatic rings. The molecule has 0 saturated carbocycles. The average Bonchev–Trinajstić information content (AvgIpc) is 3.26. The van der Waals surface area contributed by atoms with Crippen molar-refractivity contribution in [1.29, 1.82) is 5.26 Å². The fraction of sp³-hybridized carbons (Fsp3) is 0.481. The smallest absolute Gasteiger partial charge is 0.372 e. The third-order valence-electron chi connectivity index (χ3n) is 7.39. The molecule has 0 radical (unpaired) electrons. The van der Waals surface area contributed by atoms with Gasteiger partial charge >= 0.3 is 6.18 Å². The van der Waals surface area contributed by atoms with Crippen molar-refractivity contribution in [1.82, 2.24) is 9.80 Å². The van der Waals surface area contributed by atoms with Crippen LogP contribution in [0, 0.1) is 29.1 Å². The molecule has 0 unspecified atom stereocenters. The van der Waals surface area contributed by atoms with Crippen LogP contribution >= 0.6 is 0 Å². The van der Waals surface area contributed by atoms with Crippen LogP contribution in [0.3, 0.4) is 0 Å². The number of carbonyl (C=O) groups excluding carboxylic acids is 1. The Morgan fingerprint density at radius 1 is 1.09 bits per heavy atom. The number of piperidine rings is 1. The lowest BCUT2D eigenvalue weighted by Crippen LogP contribution is -2.41. The van der Waals surface area contributed by atoms with Gasteiger partial charge in [0.05, 0.1) is 23.1 Å². The molecule has 0 N–H and O–H groups in total. The Morgan fingerprint density at radius 2 is 1.77 bits per heavy atom. The second kappa shape index (κ2) is 10.3. The third-order valence-corrected chi connectivity index (χ3v) is 7.39. The largest absolute Gasteiger partial charge is 0.417 e. The zero-order valence-electron chi connectivity index (χ0n) is 20.1. The van der Waals surface area contributed by atoms with Gasteiger partial charge in [-0.05, 0) is 48.4 Å². The third kappa shape index (κ3) is 5.62. The van der Waals surface area contributed by atoms with Crippen LogP contribution in [0.15, 0.2) is 48.5 Å². The Hall–Kier alpha value is -3.05. The number of carbonyl (C=O) groups is 1. The summed E-state index contributed by atoms with van der Waals surface area (Å²) in [6, 6.07) is 15.8. The quantitative estimate of drug-likeness (QED) is 0.621. The van der Waals surface area contributed by atoms with E-state index in [1.165, 1.54) is 11.6 Å². The van der Waals surface area contributed by atoms with Gasteiger partial charge in [0.2, 0.25) is 5.91 Å². The van der Waals surface area contributed by atoms with Crippen LogP contribution < -0.4 is 4.90 Å². The van der Waals surface area contributed by atoms with Crippen molar-refractivity contribution in [3.8, 4) is 6.07 Å². The second-order valence-electron chi connectivity index (χ2n) is 9.85. The van der Waals surface area contributed by atoms with Crippen LogP contribution in [0.5, 0.6) is 0 Å². The van der Waals surface area contributed by atoms with Crippen molar-refractivity contribution in [2.75, 3.05) is 45.2 Å². The molecule has 8 heteroatoms. The maximum absolute atomic E-state index is 13.4. The minimum absolute atomic E-state index is 0.0722. The molecule has 0 aromatic heterocycles. The molecule has 2 heterocycles. The van der Waals surface area contributed by atoms with Crippen molar-refractivity contribution in [2.45, 2.75) is 25.6 Å². The Bertz CT molecular complexity index is 1070. The van der Waals surface area contributed by atoms with Gasteiger partial charge in [-0.1, -0.05) is 30.3 Å². The zero-order chi connectivity index (χ0) is 25.2. The Labute approximate surface area is 204 Å². The van der Waals surface area contributed by atoms with E-state index in [0.717, 1.165) is 38.5 Å². The van der Waals surface area contributed by atoms with Crippen LogP contribution in [0.25, 0.3) is 0 Å². The van der Waals surface area contributed by atoms with Gasteiger partial charge in [-0.3, -0.25) is 9.69 Å². The molecular weight excluding hydrogens is 453 g/mol. The number of hydrogen-bond acceptors (Lipinski definition) is 4. The van der Waals surface area contributed by atoms with E-state index in [0.29, 0.717) is 24.7 Å². The van der Waals surface area contributed by atoms with Crippen molar-refractivity contribution in [2.24, 2.45) is 17.8 Å². The molecule has 0 aliphatic carbocycles. The molecule has 2 fully saturated rings. The highest BCUT2D eigenvalue weighted by Gasteiger charge is 2.43. The lowest BCUT2D eigenvalue weighted by molar-refractivity contribution is -0.137. The molecule has 4 rings (SSSR count). The average molecular weight is 485 g/mol. The van der Waals surface area contributed by atoms with Gasteiger partial charge in [0.25, 0.3) is 0 Å². The normalized spacial score (nSPS) is 21.7.